The Kier molecular flexibility index (Phi) is 2.98. The summed E-state index contributed by atoms with van der Waals surface area (Å²) in [5.74, 6) is 0. The Morgan fingerprint density at radius 3 is 2.38 bits per heavy atom. The SMILES string of the molecule is CCC1(C)OB(O)OC(C)(C)C1Cl. The van der Waals surface area contributed by atoms with Crippen molar-refractivity contribution >= 4 is 18.9 Å². The van der Waals surface area contributed by atoms with Crippen molar-refractivity contribution in [2.75, 3.05) is 0 Å². The number of hydrogen-bond acceptors (Lipinski definition) is 3. The van der Waals surface area contributed by atoms with Gasteiger partial charge in [0, 0.05) is 0 Å². The summed E-state index contributed by atoms with van der Waals surface area (Å²) >= 11 is 6.22. The van der Waals surface area contributed by atoms with Crippen molar-refractivity contribution in [1.82, 2.24) is 0 Å². The molecule has 0 aromatic carbocycles. The molecule has 1 aliphatic heterocycles. The highest BCUT2D eigenvalue weighted by Crippen LogP contribution is 2.38. The third kappa shape index (κ3) is 2.01. The highest BCUT2D eigenvalue weighted by atomic mass is 35.5. The second-order valence-corrected chi connectivity index (χ2v) is 4.61. The van der Waals surface area contributed by atoms with Crippen molar-refractivity contribution in [3.8, 4) is 0 Å². The molecule has 5 heteroatoms. The lowest BCUT2D eigenvalue weighted by molar-refractivity contribution is -0.106. The second kappa shape index (κ2) is 3.42. The van der Waals surface area contributed by atoms with Gasteiger partial charge < -0.3 is 14.3 Å². The molecule has 2 atom stereocenters. The average molecular weight is 206 g/mol. The maximum atomic E-state index is 9.33. The van der Waals surface area contributed by atoms with E-state index in [-0.39, 0.29) is 5.38 Å². The van der Waals surface area contributed by atoms with Crippen LogP contribution >= 0.6 is 11.6 Å². The summed E-state index contributed by atoms with van der Waals surface area (Å²) in [5.41, 5.74) is -1.09. The zero-order chi connectivity index (χ0) is 10.3. The highest BCUT2D eigenvalue weighted by molar-refractivity contribution is 6.36. The molecule has 0 aromatic rings. The molecule has 76 valence electrons. The number of hydrogen-bond donors (Lipinski definition) is 1. The van der Waals surface area contributed by atoms with Gasteiger partial charge in [-0.25, -0.2) is 0 Å². The molecular weight excluding hydrogens is 190 g/mol. The van der Waals surface area contributed by atoms with E-state index in [0.717, 1.165) is 6.42 Å². The standard InChI is InChI=1S/C8H16BClO3/c1-5-8(4)6(10)7(2,3)12-9(11)13-8/h6,11H,5H2,1-4H3. The Hall–Kier alpha value is 0.235. The van der Waals surface area contributed by atoms with Gasteiger partial charge in [-0.3, -0.25) is 0 Å². The number of halogens is 1. The fourth-order valence-electron chi connectivity index (χ4n) is 1.63. The van der Waals surface area contributed by atoms with Crippen LogP contribution in [0.3, 0.4) is 0 Å². The second-order valence-electron chi connectivity index (χ2n) is 4.17. The van der Waals surface area contributed by atoms with Crippen LogP contribution in [0.5, 0.6) is 0 Å². The van der Waals surface area contributed by atoms with E-state index in [1.165, 1.54) is 0 Å². The Bertz CT molecular complexity index is 200. The van der Waals surface area contributed by atoms with Crippen molar-refractivity contribution in [2.45, 2.75) is 50.7 Å². The normalized spacial score (nSPS) is 39.2. The van der Waals surface area contributed by atoms with E-state index in [2.05, 4.69) is 0 Å². The van der Waals surface area contributed by atoms with E-state index >= 15 is 0 Å². The Labute approximate surface area is 84.5 Å². The molecule has 2 unspecified atom stereocenters. The van der Waals surface area contributed by atoms with Gasteiger partial charge in [0.15, 0.2) is 0 Å². The Morgan fingerprint density at radius 1 is 1.38 bits per heavy atom. The minimum atomic E-state index is -1.17. The van der Waals surface area contributed by atoms with Crippen LogP contribution in [-0.2, 0) is 9.31 Å². The van der Waals surface area contributed by atoms with Gasteiger partial charge in [-0.1, -0.05) is 6.92 Å². The van der Waals surface area contributed by atoms with Gasteiger partial charge in [-0.05, 0) is 27.2 Å². The smallest absolute Gasteiger partial charge is 0.402 e. The van der Waals surface area contributed by atoms with Gasteiger partial charge >= 0.3 is 7.32 Å². The van der Waals surface area contributed by atoms with Gasteiger partial charge in [-0.15, -0.1) is 11.6 Å². The zero-order valence-corrected chi connectivity index (χ0v) is 9.26. The fraction of sp³-hybridized carbons (Fsp3) is 1.00. The first-order valence-electron chi connectivity index (χ1n) is 4.49. The molecule has 1 aliphatic rings. The van der Waals surface area contributed by atoms with Crippen LogP contribution in [0.15, 0.2) is 0 Å². The summed E-state index contributed by atoms with van der Waals surface area (Å²) in [4.78, 5) is 0. The summed E-state index contributed by atoms with van der Waals surface area (Å²) in [6, 6.07) is 0. The van der Waals surface area contributed by atoms with Crippen LogP contribution in [0.1, 0.15) is 34.1 Å². The molecule has 0 amide bonds. The number of alkyl halides is 1. The molecule has 1 rings (SSSR count). The van der Waals surface area contributed by atoms with E-state index in [9.17, 15) is 5.02 Å². The van der Waals surface area contributed by atoms with Crippen LogP contribution in [0, 0.1) is 0 Å². The maximum absolute atomic E-state index is 9.33. The molecule has 0 aromatic heterocycles. The van der Waals surface area contributed by atoms with E-state index in [0.29, 0.717) is 0 Å². The Balaban J connectivity index is 2.88. The third-order valence-corrected chi connectivity index (χ3v) is 3.61. The molecule has 1 N–H and O–H groups in total. The third-order valence-electron chi connectivity index (χ3n) is 2.62. The van der Waals surface area contributed by atoms with Gasteiger partial charge in [-0.2, -0.15) is 0 Å². The van der Waals surface area contributed by atoms with Crippen molar-refractivity contribution in [1.29, 1.82) is 0 Å². The minimum Gasteiger partial charge on any atom is -0.402 e. The molecule has 1 saturated heterocycles. The molecule has 1 fully saturated rings. The fourth-order valence-corrected chi connectivity index (χ4v) is 1.89. The molecule has 13 heavy (non-hydrogen) atoms. The first-order chi connectivity index (χ1) is 5.82. The molecule has 0 saturated carbocycles. The topological polar surface area (TPSA) is 38.7 Å². The molecular formula is C8H16BClO3. The van der Waals surface area contributed by atoms with Gasteiger partial charge in [0.05, 0.1) is 16.6 Å². The van der Waals surface area contributed by atoms with E-state index in [1.807, 2.05) is 27.7 Å². The van der Waals surface area contributed by atoms with Crippen molar-refractivity contribution in [3.63, 3.8) is 0 Å². The predicted octanol–water partition coefficient (Wildman–Crippen LogP) is 1.57. The lowest BCUT2D eigenvalue weighted by atomic mass is 9.83. The van der Waals surface area contributed by atoms with Crippen molar-refractivity contribution in [2.24, 2.45) is 0 Å². The molecule has 1 heterocycles. The average Bonchev–Trinajstić information content (AvgIpc) is 1.99. The maximum Gasteiger partial charge on any atom is 0.637 e. The summed E-state index contributed by atoms with van der Waals surface area (Å²) in [7, 11) is -1.17. The summed E-state index contributed by atoms with van der Waals surface area (Å²) < 4.78 is 10.5. The molecule has 3 nitrogen and oxygen atoms in total. The first-order valence-corrected chi connectivity index (χ1v) is 4.93. The van der Waals surface area contributed by atoms with Gasteiger partial charge in [0.1, 0.15) is 0 Å². The highest BCUT2D eigenvalue weighted by Gasteiger charge is 2.52. The van der Waals surface area contributed by atoms with Crippen molar-refractivity contribution in [3.05, 3.63) is 0 Å². The summed E-state index contributed by atoms with van der Waals surface area (Å²) in [6.45, 7) is 7.57. The largest absolute Gasteiger partial charge is 0.637 e. The molecule has 0 bridgehead atoms. The van der Waals surface area contributed by atoms with Crippen molar-refractivity contribution < 1.29 is 14.3 Å². The number of rotatable bonds is 1. The van der Waals surface area contributed by atoms with Gasteiger partial charge in [0.25, 0.3) is 0 Å². The monoisotopic (exact) mass is 206 g/mol. The van der Waals surface area contributed by atoms with E-state index < -0.39 is 18.5 Å². The van der Waals surface area contributed by atoms with Crippen LogP contribution in [0.2, 0.25) is 0 Å². The molecule has 0 spiro atoms. The lowest BCUT2D eigenvalue weighted by Crippen LogP contribution is -2.61. The predicted molar refractivity (Wildman–Crippen MR) is 52.6 cm³/mol. The van der Waals surface area contributed by atoms with E-state index in [1.54, 1.807) is 0 Å². The quantitative estimate of drug-likeness (QED) is 0.523. The molecule has 0 aliphatic carbocycles. The first kappa shape index (κ1) is 11.3. The van der Waals surface area contributed by atoms with Gasteiger partial charge in [0.2, 0.25) is 0 Å². The summed E-state index contributed by atoms with van der Waals surface area (Å²) in [6.07, 6.45) is 0.741. The van der Waals surface area contributed by atoms with Crippen LogP contribution in [-0.4, -0.2) is 28.9 Å². The summed E-state index contributed by atoms with van der Waals surface area (Å²) in [5, 5.41) is 9.06. The van der Waals surface area contributed by atoms with E-state index in [4.69, 9.17) is 20.9 Å². The Morgan fingerprint density at radius 2 is 1.92 bits per heavy atom. The molecule has 0 radical (unpaired) electrons. The zero-order valence-electron chi connectivity index (χ0n) is 8.50. The van der Waals surface area contributed by atoms with Crippen LogP contribution in [0.4, 0.5) is 0 Å². The van der Waals surface area contributed by atoms with Crippen LogP contribution in [0.25, 0.3) is 0 Å². The van der Waals surface area contributed by atoms with Crippen LogP contribution < -0.4 is 0 Å². The minimum absolute atomic E-state index is 0.270. The lowest BCUT2D eigenvalue weighted by Gasteiger charge is -2.47.